The van der Waals surface area contributed by atoms with Crippen molar-refractivity contribution in [3.8, 4) is 5.75 Å². The fourth-order valence-corrected chi connectivity index (χ4v) is 2.90. The normalized spacial score (nSPS) is 12.1. The topological polar surface area (TPSA) is 34.1 Å². The van der Waals surface area contributed by atoms with Gasteiger partial charge in [0.05, 0.1) is 18.3 Å². The minimum absolute atomic E-state index is 0.432. The molecule has 0 spiro atoms. The number of nitrogens with one attached hydrogen (secondary N) is 1. The zero-order valence-corrected chi connectivity index (χ0v) is 13.6. The molecule has 2 aromatic carbocycles. The van der Waals surface area contributed by atoms with E-state index >= 15 is 0 Å². The minimum atomic E-state index is 0.432. The van der Waals surface area contributed by atoms with Crippen LogP contribution in [0.5, 0.6) is 5.75 Å². The van der Waals surface area contributed by atoms with E-state index in [1.165, 1.54) is 5.56 Å². The van der Waals surface area contributed by atoms with Gasteiger partial charge in [-0.3, -0.25) is 4.98 Å². The van der Waals surface area contributed by atoms with Gasteiger partial charge in [0, 0.05) is 18.1 Å². The quantitative estimate of drug-likeness (QED) is 0.707. The molecule has 0 aliphatic carbocycles. The highest BCUT2D eigenvalue weighted by Gasteiger charge is 2.10. The molecule has 3 heteroatoms. The summed E-state index contributed by atoms with van der Waals surface area (Å²) < 4.78 is 5.46. The maximum atomic E-state index is 5.46. The summed E-state index contributed by atoms with van der Waals surface area (Å²) >= 11 is 0. The Morgan fingerprint density at radius 3 is 2.74 bits per heavy atom. The van der Waals surface area contributed by atoms with E-state index in [4.69, 9.17) is 4.74 Å². The second-order valence-corrected chi connectivity index (χ2v) is 5.74. The summed E-state index contributed by atoms with van der Waals surface area (Å²) in [5.41, 5.74) is 3.38. The summed E-state index contributed by atoms with van der Waals surface area (Å²) in [6.07, 6.45) is 2.87. The number of aromatic nitrogens is 1. The van der Waals surface area contributed by atoms with Gasteiger partial charge < -0.3 is 10.1 Å². The second kappa shape index (κ2) is 7.14. The van der Waals surface area contributed by atoms with Gasteiger partial charge in [0.2, 0.25) is 0 Å². The molecule has 1 atom stereocenters. The third kappa shape index (κ3) is 3.45. The number of benzene rings is 2. The number of fused-ring (bicyclic) bond motifs is 1. The third-order valence-corrected chi connectivity index (χ3v) is 4.20. The molecule has 3 rings (SSSR count). The number of pyridine rings is 1. The predicted molar refractivity (Wildman–Crippen MR) is 96.3 cm³/mol. The Labute approximate surface area is 137 Å². The first-order valence-corrected chi connectivity index (χ1v) is 8.00. The van der Waals surface area contributed by atoms with Gasteiger partial charge in [-0.15, -0.1) is 0 Å². The maximum absolute atomic E-state index is 5.46. The third-order valence-electron chi connectivity index (χ3n) is 4.20. The molecule has 1 heterocycles. The second-order valence-electron chi connectivity index (χ2n) is 5.74. The molecule has 3 nitrogen and oxygen atoms in total. The molecule has 0 aliphatic heterocycles. The summed E-state index contributed by atoms with van der Waals surface area (Å²) in [6.45, 7) is 3.13. The summed E-state index contributed by atoms with van der Waals surface area (Å²) in [6, 6.07) is 18.5. The molecule has 23 heavy (non-hydrogen) atoms. The van der Waals surface area contributed by atoms with Crippen LogP contribution in [0.15, 0.2) is 60.8 Å². The van der Waals surface area contributed by atoms with E-state index in [0.717, 1.165) is 35.3 Å². The van der Waals surface area contributed by atoms with Crippen LogP contribution in [0.1, 0.15) is 24.8 Å². The van der Waals surface area contributed by atoms with Crippen molar-refractivity contribution in [3.05, 3.63) is 66.4 Å². The van der Waals surface area contributed by atoms with Crippen LogP contribution >= 0.6 is 0 Å². The number of para-hydroxylation sites is 2. The molecule has 0 bridgehead atoms. The first-order chi connectivity index (χ1) is 11.3. The maximum Gasteiger partial charge on any atom is 0.122 e. The summed E-state index contributed by atoms with van der Waals surface area (Å²) in [5, 5.41) is 4.68. The van der Waals surface area contributed by atoms with Gasteiger partial charge in [0.1, 0.15) is 5.75 Å². The minimum Gasteiger partial charge on any atom is -0.496 e. The lowest BCUT2D eigenvalue weighted by Crippen LogP contribution is -2.07. The molecule has 1 N–H and O–H groups in total. The van der Waals surface area contributed by atoms with Crippen molar-refractivity contribution in [2.75, 3.05) is 19.0 Å². The fourth-order valence-electron chi connectivity index (χ4n) is 2.90. The predicted octanol–water partition coefficient (Wildman–Crippen LogP) is 4.85. The molecule has 118 valence electrons. The van der Waals surface area contributed by atoms with E-state index in [1.54, 1.807) is 7.11 Å². The summed E-state index contributed by atoms with van der Waals surface area (Å²) in [4.78, 5) is 4.48. The standard InChI is InChI=1S/C20H22N2O/c1-15(17-9-3-4-11-19(17)23-2)12-14-21-18-10-5-7-16-8-6-13-22-20(16)18/h3-11,13,15,21H,12,14H2,1-2H3. The van der Waals surface area contributed by atoms with Crippen molar-refractivity contribution in [1.82, 2.24) is 4.98 Å². The first-order valence-electron chi connectivity index (χ1n) is 8.00. The average molecular weight is 306 g/mol. The highest BCUT2D eigenvalue weighted by atomic mass is 16.5. The van der Waals surface area contributed by atoms with Crippen LogP contribution in [-0.2, 0) is 0 Å². The number of hydrogen-bond acceptors (Lipinski definition) is 3. The number of hydrogen-bond donors (Lipinski definition) is 1. The van der Waals surface area contributed by atoms with E-state index in [1.807, 2.05) is 24.4 Å². The number of methoxy groups -OCH3 is 1. The van der Waals surface area contributed by atoms with Crippen molar-refractivity contribution >= 4 is 16.6 Å². The van der Waals surface area contributed by atoms with Gasteiger partial charge in [0.25, 0.3) is 0 Å². The van der Waals surface area contributed by atoms with E-state index in [2.05, 4.69) is 53.6 Å². The van der Waals surface area contributed by atoms with Crippen LogP contribution in [0.3, 0.4) is 0 Å². The fraction of sp³-hybridized carbons (Fsp3) is 0.250. The molecular weight excluding hydrogens is 284 g/mol. The van der Waals surface area contributed by atoms with Crippen LogP contribution in [-0.4, -0.2) is 18.6 Å². The zero-order chi connectivity index (χ0) is 16.1. The number of rotatable bonds is 6. The average Bonchev–Trinajstić information content (AvgIpc) is 2.61. The Kier molecular flexibility index (Phi) is 4.77. The zero-order valence-electron chi connectivity index (χ0n) is 13.6. The van der Waals surface area contributed by atoms with Crippen molar-refractivity contribution in [1.29, 1.82) is 0 Å². The smallest absolute Gasteiger partial charge is 0.122 e. The summed E-state index contributed by atoms with van der Waals surface area (Å²) in [5.74, 6) is 1.40. The molecule has 0 saturated carbocycles. The lowest BCUT2D eigenvalue weighted by atomic mass is 9.97. The molecular formula is C20H22N2O. The van der Waals surface area contributed by atoms with Crippen molar-refractivity contribution in [2.24, 2.45) is 0 Å². The Morgan fingerprint density at radius 1 is 1.04 bits per heavy atom. The first kappa shape index (κ1) is 15.3. The van der Waals surface area contributed by atoms with Crippen LogP contribution in [0.4, 0.5) is 5.69 Å². The molecule has 3 aromatic rings. The Hall–Kier alpha value is -2.55. The highest BCUT2D eigenvalue weighted by Crippen LogP contribution is 2.28. The van der Waals surface area contributed by atoms with Gasteiger partial charge >= 0.3 is 0 Å². The molecule has 0 aliphatic rings. The largest absolute Gasteiger partial charge is 0.496 e. The van der Waals surface area contributed by atoms with Crippen molar-refractivity contribution < 1.29 is 4.74 Å². The van der Waals surface area contributed by atoms with Crippen LogP contribution < -0.4 is 10.1 Å². The number of anilines is 1. The van der Waals surface area contributed by atoms with Crippen LogP contribution in [0.2, 0.25) is 0 Å². The van der Waals surface area contributed by atoms with Crippen molar-refractivity contribution in [3.63, 3.8) is 0 Å². The molecule has 0 fully saturated rings. The van der Waals surface area contributed by atoms with E-state index in [-0.39, 0.29) is 0 Å². The van der Waals surface area contributed by atoms with Gasteiger partial charge in [-0.05, 0) is 36.1 Å². The highest BCUT2D eigenvalue weighted by molar-refractivity contribution is 5.90. The summed E-state index contributed by atoms with van der Waals surface area (Å²) in [7, 11) is 1.73. The number of nitrogens with zero attached hydrogens (tertiary/aromatic N) is 1. The van der Waals surface area contributed by atoms with Crippen LogP contribution in [0.25, 0.3) is 10.9 Å². The van der Waals surface area contributed by atoms with E-state index in [0.29, 0.717) is 5.92 Å². The van der Waals surface area contributed by atoms with Gasteiger partial charge in [-0.2, -0.15) is 0 Å². The SMILES string of the molecule is COc1ccccc1C(C)CCNc1cccc2cccnc12. The Bertz CT molecular complexity index is 780. The Morgan fingerprint density at radius 2 is 1.87 bits per heavy atom. The monoisotopic (exact) mass is 306 g/mol. The molecule has 1 unspecified atom stereocenters. The molecule has 0 saturated heterocycles. The van der Waals surface area contributed by atoms with Gasteiger partial charge in [0.15, 0.2) is 0 Å². The lowest BCUT2D eigenvalue weighted by Gasteiger charge is -2.16. The molecule has 0 amide bonds. The Balaban J connectivity index is 1.67. The van der Waals surface area contributed by atoms with Crippen LogP contribution in [0, 0.1) is 0 Å². The molecule has 0 radical (unpaired) electrons. The van der Waals surface area contributed by atoms with Gasteiger partial charge in [-0.1, -0.05) is 43.3 Å². The van der Waals surface area contributed by atoms with Gasteiger partial charge in [-0.25, -0.2) is 0 Å². The van der Waals surface area contributed by atoms with Crippen molar-refractivity contribution in [2.45, 2.75) is 19.3 Å². The lowest BCUT2D eigenvalue weighted by molar-refractivity contribution is 0.405. The van der Waals surface area contributed by atoms with E-state index in [9.17, 15) is 0 Å². The number of ether oxygens (including phenoxy) is 1. The molecule has 1 aromatic heterocycles. The van der Waals surface area contributed by atoms with E-state index < -0.39 is 0 Å².